The van der Waals surface area contributed by atoms with Crippen LogP contribution in [-0.4, -0.2) is 42.7 Å². The van der Waals surface area contributed by atoms with Gasteiger partial charge in [-0.1, -0.05) is 54.2 Å². The Bertz CT molecular complexity index is 1170. The van der Waals surface area contributed by atoms with Gasteiger partial charge in [-0.15, -0.1) is 10.2 Å². The number of hydrogen-bond donors (Lipinski definition) is 0. The van der Waals surface area contributed by atoms with Gasteiger partial charge in [-0.25, -0.2) is 9.97 Å². The maximum Gasteiger partial charge on any atom is 0.191 e. The van der Waals surface area contributed by atoms with E-state index in [4.69, 9.17) is 9.97 Å². The van der Waals surface area contributed by atoms with E-state index in [1.165, 1.54) is 18.4 Å². The van der Waals surface area contributed by atoms with Crippen LogP contribution in [0, 0.1) is 6.92 Å². The molecule has 4 aromatic rings. The highest BCUT2D eigenvalue weighted by molar-refractivity contribution is 7.98. The van der Waals surface area contributed by atoms with Gasteiger partial charge in [0.15, 0.2) is 5.16 Å². The molecule has 1 aliphatic rings. The molecule has 0 spiro atoms. The molecule has 7 heteroatoms. The molecule has 3 heterocycles. The van der Waals surface area contributed by atoms with E-state index < -0.39 is 0 Å². The van der Waals surface area contributed by atoms with Gasteiger partial charge in [0.25, 0.3) is 0 Å². The van der Waals surface area contributed by atoms with Gasteiger partial charge < -0.3 is 4.57 Å². The fourth-order valence-electron chi connectivity index (χ4n) is 4.00. The Morgan fingerprint density at radius 1 is 0.839 bits per heavy atom. The number of fused-ring (bicyclic) bond motifs is 1. The average Bonchev–Trinajstić information content (AvgIpc) is 3.44. The molecule has 0 N–H and O–H groups in total. The molecule has 0 radical (unpaired) electrons. The minimum absolute atomic E-state index is 0.723. The highest BCUT2D eigenvalue weighted by Crippen LogP contribution is 2.25. The molecule has 1 aliphatic heterocycles. The van der Waals surface area contributed by atoms with Crippen molar-refractivity contribution >= 4 is 22.8 Å². The van der Waals surface area contributed by atoms with Crippen molar-refractivity contribution in [1.29, 1.82) is 0 Å². The molecule has 0 bridgehead atoms. The zero-order chi connectivity index (χ0) is 21.0. The van der Waals surface area contributed by atoms with Crippen molar-refractivity contribution in [3.63, 3.8) is 0 Å². The first kappa shape index (κ1) is 20.2. The first-order valence-corrected chi connectivity index (χ1v) is 11.8. The van der Waals surface area contributed by atoms with Gasteiger partial charge in [-0.3, -0.25) is 4.90 Å². The normalized spacial score (nSPS) is 14.5. The lowest BCUT2D eigenvalue weighted by atomic mass is 10.2. The highest BCUT2D eigenvalue weighted by Gasteiger charge is 2.19. The van der Waals surface area contributed by atoms with E-state index in [1.54, 1.807) is 11.8 Å². The van der Waals surface area contributed by atoms with Crippen molar-refractivity contribution in [3.8, 4) is 0 Å². The number of likely N-dealkylation sites (tertiary alicyclic amines) is 1. The number of hydrogen-bond acceptors (Lipinski definition) is 6. The van der Waals surface area contributed by atoms with Gasteiger partial charge in [0.05, 0.1) is 35.5 Å². The van der Waals surface area contributed by atoms with Crippen LogP contribution in [0.25, 0.3) is 11.0 Å². The molecule has 1 saturated heterocycles. The second-order valence-corrected chi connectivity index (χ2v) is 8.93. The minimum Gasteiger partial charge on any atom is -0.300 e. The van der Waals surface area contributed by atoms with E-state index in [1.807, 2.05) is 31.2 Å². The lowest BCUT2D eigenvalue weighted by Gasteiger charge is -2.16. The number of aromatic nitrogens is 5. The van der Waals surface area contributed by atoms with Crippen molar-refractivity contribution in [2.45, 2.75) is 43.8 Å². The van der Waals surface area contributed by atoms with E-state index in [-0.39, 0.29) is 0 Å². The third-order valence-electron chi connectivity index (χ3n) is 5.72. The van der Waals surface area contributed by atoms with E-state index >= 15 is 0 Å². The Hall–Kier alpha value is -2.77. The summed E-state index contributed by atoms with van der Waals surface area (Å²) >= 11 is 1.69. The summed E-state index contributed by atoms with van der Waals surface area (Å²) in [4.78, 5) is 12.0. The van der Waals surface area contributed by atoms with E-state index in [9.17, 15) is 0 Å². The highest BCUT2D eigenvalue weighted by atomic mass is 32.2. The second kappa shape index (κ2) is 9.16. The van der Waals surface area contributed by atoms with Crippen LogP contribution >= 0.6 is 11.8 Å². The summed E-state index contributed by atoms with van der Waals surface area (Å²) in [6.45, 7) is 5.96. The van der Waals surface area contributed by atoms with Gasteiger partial charge in [0, 0.05) is 5.75 Å². The molecule has 0 unspecified atom stereocenters. The number of rotatable bonds is 7. The molecule has 0 aliphatic carbocycles. The Labute approximate surface area is 186 Å². The van der Waals surface area contributed by atoms with E-state index in [0.717, 1.165) is 65.3 Å². The molecular weight excluding hydrogens is 404 g/mol. The summed E-state index contributed by atoms with van der Waals surface area (Å²) in [5.41, 5.74) is 5.10. The standard InChI is InChI=1S/C24H26N6S/c1-18-22(26-21-12-6-5-11-20(21)25-18)17-31-24-28-27-23(16-29-13-7-8-14-29)30(24)15-19-9-3-2-4-10-19/h2-6,9-12H,7-8,13-17H2,1H3. The largest absolute Gasteiger partial charge is 0.300 e. The summed E-state index contributed by atoms with van der Waals surface area (Å²) in [7, 11) is 0. The molecule has 0 atom stereocenters. The smallest absolute Gasteiger partial charge is 0.191 e. The second-order valence-electron chi connectivity index (χ2n) is 7.99. The monoisotopic (exact) mass is 430 g/mol. The van der Waals surface area contributed by atoms with Crippen LogP contribution in [0.5, 0.6) is 0 Å². The van der Waals surface area contributed by atoms with Crippen LogP contribution in [0.3, 0.4) is 0 Å². The predicted molar refractivity (Wildman–Crippen MR) is 124 cm³/mol. The molecule has 6 nitrogen and oxygen atoms in total. The van der Waals surface area contributed by atoms with Crippen LogP contribution in [0.2, 0.25) is 0 Å². The molecule has 158 valence electrons. The third-order valence-corrected chi connectivity index (χ3v) is 6.70. The third kappa shape index (κ3) is 4.62. The zero-order valence-corrected chi connectivity index (χ0v) is 18.6. The summed E-state index contributed by atoms with van der Waals surface area (Å²) < 4.78 is 2.27. The van der Waals surface area contributed by atoms with Gasteiger partial charge in [0.1, 0.15) is 5.82 Å². The Morgan fingerprint density at radius 3 is 2.32 bits per heavy atom. The van der Waals surface area contributed by atoms with Gasteiger partial charge in [-0.2, -0.15) is 0 Å². The number of nitrogens with zero attached hydrogens (tertiary/aromatic N) is 6. The number of aryl methyl sites for hydroxylation is 1. The van der Waals surface area contributed by atoms with Crippen molar-refractivity contribution in [1.82, 2.24) is 29.6 Å². The Kier molecular flexibility index (Phi) is 5.95. The van der Waals surface area contributed by atoms with Crippen molar-refractivity contribution in [3.05, 3.63) is 77.4 Å². The maximum atomic E-state index is 4.84. The molecule has 5 rings (SSSR count). The number of benzene rings is 2. The first-order chi connectivity index (χ1) is 15.3. The fourth-order valence-corrected chi connectivity index (χ4v) is 4.97. The maximum absolute atomic E-state index is 4.84. The topological polar surface area (TPSA) is 59.7 Å². The lowest BCUT2D eigenvalue weighted by molar-refractivity contribution is 0.316. The summed E-state index contributed by atoms with van der Waals surface area (Å²) in [5.74, 6) is 1.76. The van der Waals surface area contributed by atoms with Crippen molar-refractivity contribution < 1.29 is 0 Å². The molecule has 1 fully saturated rings. The molecule has 2 aromatic heterocycles. The lowest BCUT2D eigenvalue weighted by Crippen LogP contribution is -2.21. The summed E-state index contributed by atoms with van der Waals surface area (Å²) in [6.07, 6.45) is 2.54. The number of para-hydroxylation sites is 2. The van der Waals surface area contributed by atoms with Crippen LogP contribution in [0.4, 0.5) is 0 Å². The fraction of sp³-hybridized carbons (Fsp3) is 0.333. The van der Waals surface area contributed by atoms with Crippen LogP contribution in [-0.2, 0) is 18.8 Å². The van der Waals surface area contributed by atoms with Gasteiger partial charge in [0.2, 0.25) is 0 Å². The quantitative estimate of drug-likeness (QED) is 0.403. The van der Waals surface area contributed by atoms with Crippen molar-refractivity contribution in [2.75, 3.05) is 13.1 Å². The number of thioether (sulfide) groups is 1. The minimum atomic E-state index is 0.723. The molecular formula is C24H26N6S. The molecule has 0 saturated carbocycles. The van der Waals surface area contributed by atoms with E-state index in [2.05, 4.69) is 50.0 Å². The Balaban J connectivity index is 1.40. The SMILES string of the molecule is Cc1nc2ccccc2nc1CSc1nnc(CN2CCCC2)n1Cc1ccccc1. The van der Waals surface area contributed by atoms with Gasteiger partial charge >= 0.3 is 0 Å². The van der Waals surface area contributed by atoms with Crippen LogP contribution < -0.4 is 0 Å². The summed E-state index contributed by atoms with van der Waals surface area (Å²) in [5, 5.41) is 10.1. The predicted octanol–water partition coefficient (Wildman–Crippen LogP) is 4.47. The molecule has 2 aromatic carbocycles. The molecule has 0 amide bonds. The van der Waals surface area contributed by atoms with Gasteiger partial charge in [-0.05, 0) is 50.6 Å². The van der Waals surface area contributed by atoms with Crippen LogP contribution in [0.1, 0.15) is 35.6 Å². The summed E-state index contributed by atoms with van der Waals surface area (Å²) in [6, 6.07) is 18.6. The average molecular weight is 431 g/mol. The van der Waals surface area contributed by atoms with E-state index in [0.29, 0.717) is 0 Å². The zero-order valence-electron chi connectivity index (χ0n) is 17.7. The van der Waals surface area contributed by atoms with Crippen LogP contribution in [0.15, 0.2) is 59.8 Å². The first-order valence-electron chi connectivity index (χ1n) is 10.8. The van der Waals surface area contributed by atoms with Crippen molar-refractivity contribution in [2.24, 2.45) is 0 Å². The molecule has 31 heavy (non-hydrogen) atoms. The Morgan fingerprint density at radius 2 is 1.55 bits per heavy atom.